The second-order valence-electron chi connectivity index (χ2n) is 3.33. The number of aromatic hydroxyl groups is 1. The Labute approximate surface area is 101 Å². The number of pyridine rings is 1. The fourth-order valence-electron chi connectivity index (χ4n) is 1.49. The van der Waals surface area contributed by atoms with Crippen molar-refractivity contribution in [3.63, 3.8) is 0 Å². The molecule has 0 spiro atoms. The Morgan fingerprint density at radius 3 is 2.76 bits per heavy atom. The van der Waals surface area contributed by atoms with Gasteiger partial charge in [0.1, 0.15) is 17.1 Å². The van der Waals surface area contributed by atoms with Crippen LogP contribution >= 0.6 is 11.6 Å². The van der Waals surface area contributed by atoms with E-state index >= 15 is 0 Å². The summed E-state index contributed by atoms with van der Waals surface area (Å²) >= 11 is 5.90. The van der Waals surface area contributed by atoms with Gasteiger partial charge in [0, 0.05) is 11.6 Å². The highest BCUT2D eigenvalue weighted by atomic mass is 35.5. The SMILES string of the molecule is COc1cc2c(O)c(C(=O)O)cnc2cc1Cl. The van der Waals surface area contributed by atoms with Crippen LogP contribution in [0, 0.1) is 0 Å². The van der Waals surface area contributed by atoms with Crippen LogP contribution in [0.4, 0.5) is 0 Å². The molecule has 0 atom stereocenters. The molecule has 0 saturated carbocycles. The van der Waals surface area contributed by atoms with Crippen LogP contribution in [-0.4, -0.2) is 28.3 Å². The highest BCUT2D eigenvalue weighted by Crippen LogP contribution is 2.34. The van der Waals surface area contributed by atoms with Crippen molar-refractivity contribution in [2.24, 2.45) is 0 Å². The van der Waals surface area contributed by atoms with Crippen LogP contribution in [-0.2, 0) is 0 Å². The number of halogens is 1. The molecule has 5 nitrogen and oxygen atoms in total. The number of carboxylic acids is 1. The van der Waals surface area contributed by atoms with E-state index in [1.54, 1.807) is 0 Å². The van der Waals surface area contributed by atoms with Gasteiger partial charge < -0.3 is 14.9 Å². The van der Waals surface area contributed by atoms with Crippen molar-refractivity contribution in [2.45, 2.75) is 0 Å². The number of fused-ring (bicyclic) bond motifs is 1. The molecule has 1 aromatic heterocycles. The molecule has 0 fully saturated rings. The van der Waals surface area contributed by atoms with Crippen LogP contribution in [0.1, 0.15) is 10.4 Å². The molecule has 17 heavy (non-hydrogen) atoms. The molecule has 0 aliphatic carbocycles. The first-order valence-electron chi connectivity index (χ1n) is 4.63. The van der Waals surface area contributed by atoms with Gasteiger partial charge in [-0.2, -0.15) is 0 Å². The van der Waals surface area contributed by atoms with Gasteiger partial charge in [0.2, 0.25) is 0 Å². The van der Waals surface area contributed by atoms with E-state index in [0.717, 1.165) is 6.20 Å². The van der Waals surface area contributed by atoms with Crippen molar-refractivity contribution in [3.8, 4) is 11.5 Å². The summed E-state index contributed by atoms with van der Waals surface area (Å²) in [5, 5.41) is 19.3. The Hall–Kier alpha value is -2.01. The minimum Gasteiger partial charge on any atom is -0.506 e. The number of ether oxygens (including phenoxy) is 1. The van der Waals surface area contributed by atoms with Crippen LogP contribution in [0.15, 0.2) is 18.3 Å². The van der Waals surface area contributed by atoms with E-state index in [4.69, 9.17) is 21.4 Å². The second-order valence-corrected chi connectivity index (χ2v) is 3.74. The molecule has 0 aliphatic rings. The number of aromatic carboxylic acids is 1. The Morgan fingerprint density at radius 2 is 2.18 bits per heavy atom. The lowest BCUT2D eigenvalue weighted by atomic mass is 10.1. The monoisotopic (exact) mass is 253 g/mol. The molecule has 2 rings (SSSR count). The molecule has 88 valence electrons. The van der Waals surface area contributed by atoms with Crippen molar-refractivity contribution in [2.75, 3.05) is 7.11 Å². The number of rotatable bonds is 2. The Kier molecular flexibility index (Phi) is 2.77. The molecule has 6 heteroatoms. The summed E-state index contributed by atoms with van der Waals surface area (Å²) in [6.07, 6.45) is 1.09. The molecule has 0 aliphatic heterocycles. The molecule has 0 radical (unpaired) electrons. The first kappa shape index (κ1) is 11.5. The average Bonchev–Trinajstić information content (AvgIpc) is 2.28. The average molecular weight is 254 g/mol. The quantitative estimate of drug-likeness (QED) is 0.858. The molecule has 0 bridgehead atoms. The normalized spacial score (nSPS) is 10.5. The summed E-state index contributed by atoms with van der Waals surface area (Å²) in [5.74, 6) is -1.25. The summed E-state index contributed by atoms with van der Waals surface area (Å²) in [5.41, 5.74) is 0.139. The smallest absolute Gasteiger partial charge is 0.341 e. The summed E-state index contributed by atoms with van der Waals surface area (Å²) in [6, 6.07) is 2.95. The van der Waals surface area contributed by atoms with E-state index in [-0.39, 0.29) is 16.7 Å². The zero-order chi connectivity index (χ0) is 12.6. The van der Waals surface area contributed by atoms with Crippen LogP contribution < -0.4 is 4.74 Å². The van der Waals surface area contributed by atoms with E-state index in [1.807, 2.05) is 0 Å². The second kappa shape index (κ2) is 4.10. The third-order valence-corrected chi connectivity index (χ3v) is 2.64. The third kappa shape index (κ3) is 1.85. The van der Waals surface area contributed by atoms with Crippen molar-refractivity contribution in [1.82, 2.24) is 4.98 Å². The molecular weight excluding hydrogens is 246 g/mol. The van der Waals surface area contributed by atoms with E-state index in [9.17, 15) is 9.90 Å². The topological polar surface area (TPSA) is 79.7 Å². The van der Waals surface area contributed by atoms with Crippen LogP contribution in [0.25, 0.3) is 10.9 Å². The van der Waals surface area contributed by atoms with Crippen LogP contribution in [0.3, 0.4) is 0 Å². The van der Waals surface area contributed by atoms with Gasteiger partial charge in [0.05, 0.1) is 17.6 Å². The Morgan fingerprint density at radius 1 is 1.47 bits per heavy atom. The largest absolute Gasteiger partial charge is 0.506 e. The maximum atomic E-state index is 10.8. The molecule has 0 amide bonds. The summed E-state index contributed by atoms with van der Waals surface area (Å²) in [6.45, 7) is 0. The van der Waals surface area contributed by atoms with Crippen molar-refractivity contribution >= 4 is 28.5 Å². The summed E-state index contributed by atoms with van der Waals surface area (Å²) < 4.78 is 4.99. The lowest BCUT2D eigenvalue weighted by Gasteiger charge is -2.07. The maximum absolute atomic E-state index is 10.8. The number of carboxylic acid groups (broad SMARTS) is 1. The Balaban J connectivity index is 2.80. The number of hydrogen-bond acceptors (Lipinski definition) is 4. The first-order valence-corrected chi connectivity index (χ1v) is 5.01. The lowest BCUT2D eigenvalue weighted by Crippen LogP contribution is -1.98. The predicted molar refractivity (Wildman–Crippen MR) is 61.9 cm³/mol. The number of aromatic nitrogens is 1. The Bertz CT molecular complexity index is 612. The van der Waals surface area contributed by atoms with E-state index in [0.29, 0.717) is 16.3 Å². The minimum absolute atomic E-state index is 0.262. The van der Waals surface area contributed by atoms with Gasteiger partial charge >= 0.3 is 5.97 Å². The zero-order valence-corrected chi connectivity index (χ0v) is 9.52. The van der Waals surface area contributed by atoms with Gasteiger partial charge in [-0.25, -0.2) is 4.79 Å². The molecule has 0 unspecified atom stereocenters. The summed E-state index contributed by atoms with van der Waals surface area (Å²) in [7, 11) is 1.43. The molecular formula is C11H8ClNO4. The highest BCUT2D eigenvalue weighted by molar-refractivity contribution is 6.32. The molecule has 1 aromatic carbocycles. The number of hydrogen-bond donors (Lipinski definition) is 2. The number of carbonyl (C=O) groups is 1. The minimum atomic E-state index is -1.24. The number of benzene rings is 1. The molecule has 2 aromatic rings. The molecule has 1 heterocycles. The zero-order valence-electron chi connectivity index (χ0n) is 8.77. The first-order chi connectivity index (χ1) is 8.04. The summed E-state index contributed by atoms with van der Waals surface area (Å²) in [4.78, 5) is 14.7. The maximum Gasteiger partial charge on any atom is 0.341 e. The van der Waals surface area contributed by atoms with Crippen LogP contribution in [0.5, 0.6) is 11.5 Å². The van der Waals surface area contributed by atoms with Gasteiger partial charge in [-0.3, -0.25) is 4.98 Å². The van der Waals surface area contributed by atoms with Gasteiger partial charge in [-0.15, -0.1) is 0 Å². The standard InChI is InChI=1S/C11H8ClNO4/c1-17-9-2-5-8(3-7(9)12)13-4-6(10(5)14)11(15)16/h2-4H,1H3,(H,13,14)(H,15,16). The van der Waals surface area contributed by atoms with Gasteiger partial charge in [0.15, 0.2) is 0 Å². The third-order valence-electron chi connectivity index (χ3n) is 2.34. The van der Waals surface area contributed by atoms with Gasteiger partial charge in [-0.1, -0.05) is 11.6 Å². The van der Waals surface area contributed by atoms with Gasteiger partial charge in [-0.05, 0) is 12.1 Å². The van der Waals surface area contributed by atoms with E-state index in [1.165, 1.54) is 19.2 Å². The lowest BCUT2D eigenvalue weighted by molar-refractivity contribution is 0.0693. The van der Waals surface area contributed by atoms with E-state index < -0.39 is 5.97 Å². The fraction of sp³-hybridized carbons (Fsp3) is 0.0909. The predicted octanol–water partition coefficient (Wildman–Crippen LogP) is 2.30. The number of methoxy groups -OCH3 is 1. The van der Waals surface area contributed by atoms with Crippen molar-refractivity contribution in [3.05, 3.63) is 28.9 Å². The van der Waals surface area contributed by atoms with Crippen LogP contribution in [0.2, 0.25) is 5.02 Å². The highest BCUT2D eigenvalue weighted by Gasteiger charge is 2.15. The molecule has 2 N–H and O–H groups in total. The fourth-order valence-corrected chi connectivity index (χ4v) is 1.73. The van der Waals surface area contributed by atoms with Crippen molar-refractivity contribution < 1.29 is 19.7 Å². The van der Waals surface area contributed by atoms with E-state index in [2.05, 4.69) is 4.98 Å². The van der Waals surface area contributed by atoms with Crippen molar-refractivity contribution in [1.29, 1.82) is 0 Å². The molecule has 0 saturated heterocycles. The number of nitrogens with zero attached hydrogens (tertiary/aromatic N) is 1. The van der Waals surface area contributed by atoms with Gasteiger partial charge in [0.25, 0.3) is 0 Å².